The Hall–Kier alpha value is -1.58. The highest BCUT2D eigenvalue weighted by Crippen LogP contribution is 2.19. The Kier molecular flexibility index (Phi) is 5.21. The molecule has 114 valence electrons. The van der Waals surface area contributed by atoms with Gasteiger partial charge in [0.05, 0.1) is 12.3 Å². The molecule has 7 nitrogen and oxygen atoms in total. The van der Waals surface area contributed by atoms with Crippen molar-refractivity contribution in [1.82, 2.24) is 19.5 Å². The van der Waals surface area contributed by atoms with Gasteiger partial charge in [0, 0.05) is 23.4 Å². The fourth-order valence-electron chi connectivity index (χ4n) is 1.60. The number of nitrogens with two attached hydrogens (primary N) is 1. The number of aromatic amines is 1. The quantitative estimate of drug-likeness (QED) is 0.579. The van der Waals surface area contributed by atoms with E-state index in [0.29, 0.717) is 17.3 Å². The molecule has 0 saturated heterocycles. The maximum Gasteiger partial charge on any atom is 0.215 e. The van der Waals surface area contributed by atoms with Gasteiger partial charge in [-0.1, -0.05) is 0 Å². The summed E-state index contributed by atoms with van der Waals surface area (Å²) < 4.78 is 25.5. The van der Waals surface area contributed by atoms with Crippen molar-refractivity contribution in [3.05, 3.63) is 36.4 Å². The van der Waals surface area contributed by atoms with Crippen LogP contribution in [-0.4, -0.2) is 46.5 Å². The normalized spacial score (nSPS) is 11.9. The summed E-state index contributed by atoms with van der Waals surface area (Å²) >= 11 is 1.48. The van der Waals surface area contributed by atoms with Gasteiger partial charge in [-0.3, -0.25) is 5.10 Å². The summed E-state index contributed by atoms with van der Waals surface area (Å²) in [5.41, 5.74) is 6.30. The number of anilines is 1. The van der Waals surface area contributed by atoms with E-state index in [1.807, 2.05) is 12.1 Å². The van der Waals surface area contributed by atoms with E-state index < -0.39 is 10.0 Å². The van der Waals surface area contributed by atoms with E-state index >= 15 is 0 Å². The molecule has 3 N–H and O–H groups in total. The minimum Gasteiger partial charge on any atom is -0.399 e. The molecule has 1 aromatic heterocycles. The van der Waals surface area contributed by atoms with Crippen molar-refractivity contribution in [2.24, 2.45) is 0 Å². The van der Waals surface area contributed by atoms with Gasteiger partial charge in [0.2, 0.25) is 10.0 Å². The van der Waals surface area contributed by atoms with Crippen LogP contribution in [0.5, 0.6) is 0 Å². The molecule has 1 aromatic carbocycles. The van der Waals surface area contributed by atoms with Crippen LogP contribution in [0, 0.1) is 0 Å². The number of hydrogen-bond donors (Lipinski definition) is 2. The summed E-state index contributed by atoms with van der Waals surface area (Å²) in [6.45, 7) is 0.189. The lowest BCUT2D eigenvalue weighted by atomic mass is 10.3. The third kappa shape index (κ3) is 4.73. The highest BCUT2D eigenvalue weighted by Gasteiger charge is 2.18. The van der Waals surface area contributed by atoms with Crippen molar-refractivity contribution in [2.45, 2.75) is 11.4 Å². The third-order valence-electron chi connectivity index (χ3n) is 2.80. The lowest BCUT2D eigenvalue weighted by molar-refractivity contribution is 0.458. The highest BCUT2D eigenvalue weighted by molar-refractivity contribution is 8.00. The number of thioether (sulfide) groups is 1. The zero-order chi connectivity index (χ0) is 15.3. The van der Waals surface area contributed by atoms with Gasteiger partial charge in [-0.05, 0) is 24.3 Å². The predicted molar refractivity (Wildman–Crippen MR) is 83.2 cm³/mol. The molecule has 0 aliphatic carbocycles. The molecule has 0 amide bonds. The second-order valence-corrected chi connectivity index (χ2v) is 7.79. The lowest BCUT2D eigenvalue weighted by Crippen LogP contribution is -2.30. The van der Waals surface area contributed by atoms with E-state index in [2.05, 4.69) is 15.2 Å². The van der Waals surface area contributed by atoms with E-state index in [0.717, 1.165) is 4.90 Å². The van der Waals surface area contributed by atoms with Gasteiger partial charge < -0.3 is 5.73 Å². The number of hydrogen-bond acceptors (Lipinski definition) is 6. The first-order chi connectivity index (χ1) is 9.97. The van der Waals surface area contributed by atoms with Crippen molar-refractivity contribution in [3.63, 3.8) is 0 Å². The molecule has 0 bridgehead atoms. The summed E-state index contributed by atoms with van der Waals surface area (Å²) in [7, 11) is -1.78. The second kappa shape index (κ2) is 6.92. The summed E-state index contributed by atoms with van der Waals surface area (Å²) in [4.78, 5) is 4.91. The van der Waals surface area contributed by atoms with Crippen molar-refractivity contribution < 1.29 is 8.42 Å². The molecule has 21 heavy (non-hydrogen) atoms. The van der Waals surface area contributed by atoms with Gasteiger partial charge in [-0.15, -0.1) is 11.8 Å². The Balaban J connectivity index is 1.84. The number of nitrogens with one attached hydrogen (secondary N) is 1. The Labute approximate surface area is 128 Å². The van der Waals surface area contributed by atoms with E-state index in [9.17, 15) is 8.42 Å². The lowest BCUT2D eigenvalue weighted by Gasteiger charge is -2.15. The molecule has 0 unspecified atom stereocenters. The van der Waals surface area contributed by atoms with Crippen molar-refractivity contribution in [1.29, 1.82) is 0 Å². The fourth-order valence-corrected chi connectivity index (χ4v) is 3.97. The standard InChI is InChI=1S/C12H17N5O2S2/c1-17(8-12-14-9-15-16-12)21(18,19)7-6-20-11-4-2-10(13)3-5-11/h2-5,9H,6-8,13H2,1H3,(H,14,15,16). The number of nitrogen functional groups attached to an aromatic ring is 1. The number of sulfonamides is 1. The summed E-state index contributed by atoms with van der Waals surface area (Å²) in [6.07, 6.45) is 1.35. The molecule has 0 radical (unpaired) electrons. The number of rotatable bonds is 7. The van der Waals surface area contributed by atoms with Crippen molar-refractivity contribution in [2.75, 3.05) is 24.3 Å². The average Bonchev–Trinajstić information content (AvgIpc) is 2.94. The molecule has 0 aliphatic rings. The maximum absolute atomic E-state index is 12.1. The topological polar surface area (TPSA) is 105 Å². The zero-order valence-electron chi connectivity index (χ0n) is 11.6. The van der Waals surface area contributed by atoms with Crippen molar-refractivity contribution >= 4 is 27.5 Å². The molecule has 0 saturated carbocycles. The fraction of sp³-hybridized carbons (Fsp3) is 0.333. The first-order valence-electron chi connectivity index (χ1n) is 6.24. The molecule has 9 heteroatoms. The minimum atomic E-state index is -3.31. The van der Waals surface area contributed by atoms with Gasteiger partial charge in [-0.25, -0.2) is 13.4 Å². The Morgan fingerprint density at radius 1 is 1.33 bits per heavy atom. The molecule has 0 fully saturated rings. The molecule has 0 spiro atoms. The van der Waals surface area contributed by atoms with Crippen molar-refractivity contribution in [3.8, 4) is 0 Å². The number of benzene rings is 1. The first-order valence-corrected chi connectivity index (χ1v) is 8.83. The summed E-state index contributed by atoms with van der Waals surface area (Å²) in [5.74, 6) is 1.06. The Morgan fingerprint density at radius 3 is 2.67 bits per heavy atom. The van der Waals surface area contributed by atoms with Gasteiger partial charge >= 0.3 is 0 Å². The van der Waals surface area contributed by atoms with Crippen LogP contribution in [0.25, 0.3) is 0 Å². The monoisotopic (exact) mass is 327 g/mol. The van der Waals surface area contributed by atoms with E-state index in [1.54, 1.807) is 12.1 Å². The van der Waals surface area contributed by atoms with Crippen LogP contribution in [-0.2, 0) is 16.6 Å². The number of H-pyrrole nitrogens is 1. The van der Waals surface area contributed by atoms with Crippen LogP contribution < -0.4 is 5.73 Å². The van der Waals surface area contributed by atoms with E-state index in [4.69, 9.17) is 5.73 Å². The first kappa shape index (κ1) is 15.8. The molecule has 1 heterocycles. The van der Waals surface area contributed by atoms with Gasteiger partial charge in [0.15, 0.2) is 0 Å². The molecule has 2 aromatic rings. The predicted octanol–water partition coefficient (Wildman–Crippen LogP) is 0.941. The summed E-state index contributed by atoms with van der Waals surface area (Å²) in [6, 6.07) is 7.36. The van der Waals surface area contributed by atoms with Crippen LogP contribution >= 0.6 is 11.8 Å². The highest BCUT2D eigenvalue weighted by atomic mass is 32.2. The van der Waals surface area contributed by atoms with Gasteiger partial charge in [0.25, 0.3) is 0 Å². The number of nitrogens with zero attached hydrogens (tertiary/aromatic N) is 3. The Bertz CT molecular complexity index is 655. The second-order valence-electron chi connectivity index (χ2n) is 4.42. The minimum absolute atomic E-state index is 0.0622. The zero-order valence-corrected chi connectivity index (χ0v) is 13.2. The average molecular weight is 327 g/mol. The Morgan fingerprint density at radius 2 is 2.05 bits per heavy atom. The summed E-state index contributed by atoms with van der Waals surface area (Å²) in [5, 5.41) is 6.34. The van der Waals surface area contributed by atoms with E-state index in [-0.39, 0.29) is 12.3 Å². The van der Waals surface area contributed by atoms with Crippen LogP contribution in [0.4, 0.5) is 5.69 Å². The molecule has 2 rings (SSSR count). The van der Waals surface area contributed by atoms with Gasteiger partial charge in [0.1, 0.15) is 12.2 Å². The maximum atomic E-state index is 12.1. The largest absolute Gasteiger partial charge is 0.399 e. The van der Waals surface area contributed by atoms with Crippen LogP contribution in [0.3, 0.4) is 0 Å². The smallest absolute Gasteiger partial charge is 0.215 e. The van der Waals surface area contributed by atoms with E-state index in [1.165, 1.54) is 29.4 Å². The van der Waals surface area contributed by atoms with Crippen LogP contribution in [0.2, 0.25) is 0 Å². The van der Waals surface area contributed by atoms with Gasteiger partial charge in [-0.2, -0.15) is 9.40 Å². The molecule has 0 aliphatic heterocycles. The number of aromatic nitrogens is 3. The SMILES string of the molecule is CN(Cc1ncn[nH]1)S(=O)(=O)CCSc1ccc(N)cc1. The molecule has 0 atom stereocenters. The van der Waals surface area contributed by atoms with Crippen LogP contribution in [0.1, 0.15) is 5.82 Å². The van der Waals surface area contributed by atoms with Crippen LogP contribution in [0.15, 0.2) is 35.5 Å². The third-order valence-corrected chi connectivity index (χ3v) is 5.87. The molecular formula is C12H17N5O2S2. The molecular weight excluding hydrogens is 310 g/mol.